The van der Waals surface area contributed by atoms with Crippen LogP contribution in [0.2, 0.25) is 0 Å². The van der Waals surface area contributed by atoms with Crippen LogP contribution in [0.3, 0.4) is 0 Å². The molecule has 1 aliphatic carbocycles. The van der Waals surface area contributed by atoms with E-state index < -0.39 is 51.7 Å². The van der Waals surface area contributed by atoms with Crippen molar-refractivity contribution < 1.29 is 50.2 Å². The number of hydrogen-bond donors (Lipinski definition) is 1. The van der Waals surface area contributed by atoms with Crippen molar-refractivity contribution in [1.82, 2.24) is 19.4 Å². The molecule has 12 nitrogen and oxygen atoms in total. The molecule has 0 radical (unpaired) electrons. The van der Waals surface area contributed by atoms with Crippen molar-refractivity contribution >= 4 is 27.9 Å². The molecule has 1 atom stereocenters. The smallest absolute Gasteiger partial charge is 0.493 e. The molecule has 286 valence electrons. The molecule has 3 fully saturated rings. The highest BCUT2D eigenvalue weighted by Crippen LogP contribution is 2.29. The molecule has 0 aromatic heterocycles. The number of nitrogens with one attached hydrogen (secondary N) is 1. The Bertz CT molecular complexity index is 1650. The van der Waals surface area contributed by atoms with Crippen LogP contribution in [0.1, 0.15) is 76.1 Å². The van der Waals surface area contributed by atoms with Gasteiger partial charge in [0.05, 0.1) is 11.5 Å². The lowest BCUT2D eigenvalue weighted by molar-refractivity contribution is -0.274. The maximum absolute atomic E-state index is 14.2. The molecule has 2 heterocycles. The largest absolute Gasteiger partial charge is 0.573 e. The number of hydrogen-bond acceptors (Lipinski definition) is 8. The van der Waals surface area contributed by atoms with Crippen molar-refractivity contribution in [2.75, 3.05) is 39.3 Å². The maximum atomic E-state index is 14.2. The number of carbonyl (C=O) groups is 3. The monoisotopic (exact) mass is 752 g/mol. The van der Waals surface area contributed by atoms with Crippen LogP contribution in [0, 0.1) is 5.92 Å². The number of benzene rings is 2. The van der Waals surface area contributed by atoms with Gasteiger partial charge in [0.1, 0.15) is 23.1 Å². The quantitative estimate of drug-likeness (QED) is 0.351. The van der Waals surface area contributed by atoms with E-state index in [1.54, 1.807) is 32.9 Å². The van der Waals surface area contributed by atoms with Gasteiger partial charge in [0.25, 0.3) is 5.91 Å². The lowest BCUT2D eigenvalue weighted by Gasteiger charge is -2.42. The Morgan fingerprint density at radius 2 is 1.42 bits per heavy atom. The van der Waals surface area contributed by atoms with E-state index in [1.165, 1.54) is 53.3 Å². The molecule has 2 aromatic carbocycles. The summed E-state index contributed by atoms with van der Waals surface area (Å²) in [6.45, 7) is 5.73. The van der Waals surface area contributed by atoms with Crippen molar-refractivity contribution in [2.24, 2.45) is 5.92 Å². The molecule has 3 amide bonds. The van der Waals surface area contributed by atoms with Crippen LogP contribution in [0.15, 0.2) is 53.4 Å². The van der Waals surface area contributed by atoms with E-state index in [-0.39, 0.29) is 49.2 Å². The molecule has 3 aliphatic rings. The number of alkyl halides is 3. The third-order valence-corrected chi connectivity index (χ3v) is 11.3. The molecule has 0 bridgehead atoms. The Labute approximate surface area is 302 Å². The van der Waals surface area contributed by atoms with E-state index in [9.17, 15) is 36.0 Å². The SMILES string of the molecule is CC(C)(C)OC(=O)NC1CCN(C(=O)[C@@H]2CN(C(=O)c3ccc(OC(F)(F)F)cc3)CCN2S(=O)(=O)c2ccc(OCC3CCCCC3)cc2)CC1. The molecule has 0 unspecified atom stereocenters. The van der Waals surface area contributed by atoms with Crippen molar-refractivity contribution in [3.8, 4) is 11.5 Å². The Morgan fingerprint density at radius 3 is 2.02 bits per heavy atom. The Balaban J connectivity index is 1.31. The third kappa shape index (κ3) is 10.5. The number of nitrogens with zero attached hydrogens (tertiary/aromatic N) is 3. The molecule has 5 rings (SSSR count). The van der Waals surface area contributed by atoms with Gasteiger partial charge in [-0.2, -0.15) is 4.31 Å². The Morgan fingerprint density at radius 1 is 0.808 bits per heavy atom. The van der Waals surface area contributed by atoms with E-state index in [2.05, 4.69) is 10.1 Å². The number of halogens is 3. The summed E-state index contributed by atoms with van der Waals surface area (Å²) >= 11 is 0. The van der Waals surface area contributed by atoms with Crippen molar-refractivity contribution in [3.05, 3.63) is 54.1 Å². The van der Waals surface area contributed by atoms with Crippen LogP contribution < -0.4 is 14.8 Å². The molecule has 0 spiro atoms. The predicted octanol–water partition coefficient (Wildman–Crippen LogP) is 5.58. The van der Waals surface area contributed by atoms with Crippen LogP contribution in [0.5, 0.6) is 11.5 Å². The topological polar surface area (TPSA) is 135 Å². The number of piperazine rings is 1. The average molecular weight is 753 g/mol. The van der Waals surface area contributed by atoms with Gasteiger partial charge in [-0.25, -0.2) is 13.2 Å². The van der Waals surface area contributed by atoms with E-state index in [1.807, 2.05) is 0 Å². The van der Waals surface area contributed by atoms with Gasteiger partial charge in [-0.05, 0) is 101 Å². The number of piperidine rings is 1. The number of rotatable bonds is 9. The molecule has 52 heavy (non-hydrogen) atoms. The van der Waals surface area contributed by atoms with Crippen LogP contribution in [-0.4, -0.2) is 104 Å². The number of alkyl carbamates (subject to hydrolysis) is 1. The van der Waals surface area contributed by atoms with E-state index in [0.29, 0.717) is 31.1 Å². The van der Waals surface area contributed by atoms with Crippen LogP contribution >= 0.6 is 0 Å². The molecule has 1 N–H and O–H groups in total. The van der Waals surface area contributed by atoms with Gasteiger partial charge in [-0.1, -0.05) is 19.3 Å². The fourth-order valence-electron chi connectivity index (χ4n) is 6.76. The predicted molar refractivity (Wildman–Crippen MR) is 184 cm³/mol. The van der Waals surface area contributed by atoms with Crippen LogP contribution in [-0.2, 0) is 19.6 Å². The summed E-state index contributed by atoms with van der Waals surface area (Å²) < 4.78 is 82.6. The standard InChI is InChI=1S/C36H47F3N4O8S/c1-35(2,3)51-34(46)40-27-17-19-41(20-18-27)33(45)31-23-42(32(44)26-9-11-29(12-10-26)50-36(37,38)39)21-22-43(31)52(47,48)30-15-13-28(14-16-30)49-24-25-7-5-4-6-8-25/h9-16,25,27,31H,4-8,17-24H2,1-3H3,(H,40,46)/t31-/m0/s1. The molecule has 2 aliphatic heterocycles. The fraction of sp³-hybridized carbons (Fsp3) is 0.583. The highest BCUT2D eigenvalue weighted by molar-refractivity contribution is 7.89. The van der Waals surface area contributed by atoms with Crippen LogP contribution in [0.25, 0.3) is 0 Å². The number of ether oxygens (including phenoxy) is 3. The molecule has 1 saturated carbocycles. The first-order chi connectivity index (χ1) is 24.5. The molecule has 2 saturated heterocycles. The maximum Gasteiger partial charge on any atom is 0.573 e. The van der Waals surface area contributed by atoms with Crippen LogP contribution in [0.4, 0.5) is 18.0 Å². The molecular formula is C36H47F3N4O8S. The molecular weight excluding hydrogens is 705 g/mol. The lowest BCUT2D eigenvalue weighted by atomic mass is 9.90. The van der Waals surface area contributed by atoms with Gasteiger partial charge in [0.2, 0.25) is 15.9 Å². The minimum Gasteiger partial charge on any atom is -0.493 e. The first-order valence-corrected chi connectivity index (χ1v) is 19.1. The minimum atomic E-state index is -4.90. The Kier molecular flexibility index (Phi) is 12.3. The van der Waals surface area contributed by atoms with E-state index >= 15 is 0 Å². The highest BCUT2D eigenvalue weighted by Gasteiger charge is 2.44. The zero-order valence-corrected chi connectivity index (χ0v) is 30.5. The first-order valence-electron chi connectivity index (χ1n) is 17.7. The number of carbonyl (C=O) groups excluding carboxylic acids is 3. The molecule has 16 heteroatoms. The van der Waals surface area contributed by atoms with Gasteiger partial charge in [-0.15, -0.1) is 13.2 Å². The normalized spacial score (nSPS) is 19.9. The first kappa shape index (κ1) is 39.2. The second-order valence-electron chi connectivity index (χ2n) is 14.5. The van der Waals surface area contributed by atoms with Crippen molar-refractivity contribution in [1.29, 1.82) is 0 Å². The van der Waals surface area contributed by atoms with Gasteiger partial charge in [0.15, 0.2) is 0 Å². The third-order valence-electron chi connectivity index (χ3n) is 9.41. The number of sulfonamides is 1. The van der Waals surface area contributed by atoms with Crippen molar-refractivity contribution in [3.63, 3.8) is 0 Å². The van der Waals surface area contributed by atoms with E-state index in [4.69, 9.17) is 9.47 Å². The summed E-state index contributed by atoms with van der Waals surface area (Å²) in [6.07, 6.45) is 1.12. The van der Waals surface area contributed by atoms with E-state index in [0.717, 1.165) is 29.3 Å². The second kappa shape index (κ2) is 16.3. The second-order valence-corrected chi connectivity index (χ2v) is 16.4. The summed E-state index contributed by atoms with van der Waals surface area (Å²) in [5, 5.41) is 2.82. The number of amides is 3. The summed E-state index contributed by atoms with van der Waals surface area (Å²) in [5.41, 5.74) is -0.629. The van der Waals surface area contributed by atoms with Gasteiger partial charge in [0, 0.05) is 44.3 Å². The summed E-state index contributed by atoms with van der Waals surface area (Å²) in [6, 6.07) is 8.95. The number of likely N-dealkylation sites (tertiary alicyclic amines) is 1. The highest BCUT2D eigenvalue weighted by atomic mass is 32.2. The lowest BCUT2D eigenvalue weighted by Crippen LogP contribution is -2.62. The van der Waals surface area contributed by atoms with Gasteiger partial charge >= 0.3 is 12.5 Å². The zero-order valence-electron chi connectivity index (χ0n) is 29.7. The zero-order chi connectivity index (χ0) is 37.7. The summed E-state index contributed by atoms with van der Waals surface area (Å²) in [7, 11) is -4.23. The summed E-state index contributed by atoms with van der Waals surface area (Å²) in [5.74, 6) is -0.566. The van der Waals surface area contributed by atoms with Gasteiger partial charge in [-0.3, -0.25) is 9.59 Å². The average Bonchev–Trinajstić information content (AvgIpc) is 3.09. The fourth-order valence-corrected chi connectivity index (χ4v) is 8.33. The summed E-state index contributed by atoms with van der Waals surface area (Å²) in [4.78, 5) is 42.8. The Hall–Kier alpha value is -4.05. The van der Waals surface area contributed by atoms with Crippen molar-refractivity contribution in [2.45, 2.75) is 94.7 Å². The minimum absolute atomic E-state index is 0.0318. The molecule has 2 aromatic rings. The van der Waals surface area contributed by atoms with Gasteiger partial charge < -0.3 is 29.3 Å².